The second-order valence-electron chi connectivity index (χ2n) is 5.43. The summed E-state index contributed by atoms with van der Waals surface area (Å²) in [7, 11) is 0. The van der Waals surface area contributed by atoms with E-state index in [1.807, 2.05) is 32.0 Å². The zero-order valence-electron chi connectivity index (χ0n) is 14.4. The smallest absolute Gasteiger partial charge is 0.314 e. The van der Waals surface area contributed by atoms with Gasteiger partial charge in [-0.05, 0) is 46.2 Å². The first-order valence-electron chi connectivity index (χ1n) is 7.66. The van der Waals surface area contributed by atoms with Crippen molar-refractivity contribution < 1.29 is 14.3 Å². The SMILES string of the molecule is CCOC(=O)[C@@H](C)/C(C)=N/NC(=O)CNc1ccc(C)cc1C. The number of esters is 1. The Bertz CT molecular complexity index is 597. The first kappa shape index (κ1) is 18.7. The number of amides is 1. The van der Waals surface area contributed by atoms with Crippen LogP contribution in [0.3, 0.4) is 0 Å². The Hall–Kier alpha value is -2.37. The Kier molecular flexibility index (Phi) is 7.25. The monoisotopic (exact) mass is 319 g/mol. The molecule has 6 heteroatoms. The van der Waals surface area contributed by atoms with E-state index in [-0.39, 0.29) is 18.4 Å². The van der Waals surface area contributed by atoms with E-state index in [1.165, 1.54) is 5.56 Å². The summed E-state index contributed by atoms with van der Waals surface area (Å²) in [6.07, 6.45) is 0. The van der Waals surface area contributed by atoms with Crippen molar-refractivity contribution in [2.75, 3.05) is 18.5 Å². The van der Waals surface area contributed by atoms with Crippen LogP contribution in [0, 0.1) is 19.8 Å². The summed E-state index contributed by atoms with van der Waals surface area (Å²) < 4.78 is 4.91. The number of carbonyl (C=O) groups excluding carboxylic acids is 2. The van der Waals surface area contributed by atoms with E-state index in [4.69, 9.17) is 4.74 Å². The highest BCUT2D eigenvalue weighted by Crippen LogP contribution is 2.15. The second-order valence-corrected chi connectivity index (χ2v) is 5.43. The number of rotatable bonds is 7. The minimum absolute atomic E-state index is 0.106. The molecular formula is C17H25N3O3. The summed E-state index contributed by atoms with van der Waals surface area (Å²) in [6.45, 7) is 9.55. The first-order valence-corrected chi connectivity index (χ1v) is 7.66. The van der Waals surface area contributed by atoms with E-state index in [1.54, 1.807) is 20.8 Å². The molecule has 0 fully saturated rings. The normalized spacial score (nSPS) is 12.5. The number of hydrogen-bond donors (Lipinski definition) is 2. The summed E-state index contributed by atoms with van der Waals surface area (Å²) in [6, 6.07) is 5.97. The molecule has 0 aliphatic rings. The lowest BCUT2D eigenvalue weighted by atomic mass is 10.1. The van der Waals surface area contributed by atoms with Gasteiger partial charge in [0, 0.05) is 11.4 Å². The van der Waals surface area contributed by atoms with Crippen molar-refractivity contribution in [1.29, 1.82) is 0 Å². The minimum atomic E-state index is -0.484. The maximum atomic E-state index is 11.8. The van der Waals surface area contributed by atoms with Crippen molar-refractivity contribution in [3.05, 3.63) is 29.3 Å². The fraction of sp³-hybridized carbons (Fsp3) is 0.471. The lowest BCUT2D eigenvalue weighted by Crippen LogP contribution is -2.29. The average Bonchev–Trinajstić information content (AvgIpc) is 2.51. The van der Waals surface area contributed by atoms with Crippen LogP contribution in [0.25, 0.3) is 0 Å². The van der Waals surface area contributed by atoms with Crippen molar-refractivity contribution in [2.45, 2.75) is 34.6 Å². The number of hydrazone groups is 1. The Morgan fingerprint density at radius 1 is 1.30 bits per heavy atom. The number of aryl methyl sites for hydroxylation is 2. The second kappa shape index (κ2) is 8.92. The maximum absolute atomic E-state index is 11.8. The van der Waals surface area contributed by atoms with Crippen molar-refractivity contribution in [3.63, 3.8) is 0 Å². The molecule has 0 aromatic heterocycles. The molecule has 1 rings (SSSR count). The van der Waals surface area contributed by atoms with Crippen LogP contribution >= 0.6 is 0 Å². The summed E-state index contributed by atoms with van der Waals surface area (Å²) in [5, 5.41) is 7.02. The Morgan fingerprint density at radius 2 is 2.00 bits per heavy atom. The van der Waals surface area contributed by atoms with E-state index in [0.29, 0.717) is 12.3 Å². The molecule has 6 nitrogen and oxygen atoms in total. The van der Waals surface area contributed by atoms with Gasteiger partial charge in [0.15, 0.2) is 0 Å². The highest BCUT2D eigenvalue weighted by Gasteiger charge is 2.17. The third kappa shape index (κ3) is 6.10. The van der Waals surface area contributed by atoms with Crippen LogP contribution in [-0.2, 0) is 14.3 Å². The largest absolute Gasteiger partial charge is 0.465 e. The molecule has 0 heterocycles. The molecule has 0 saturated carbocycles. The average molecular weight is 319 g/mol. The third-order valence-corrected chi connectivity index (χ3v) is 3.45. The number of nitrogens with one attached hydrogen (secondary N) is 2. The molecule has 0 radical (unpaired) electrons. The molecule has 0 saturated heterocycles. The van der Waals surface area contributed by atoms with E-state index in [2.05, 4.69) is 15.8 Å². The van der Waals surface area contributed by atoms with Gasteiger partial charge in [0.1, 0.15) is 0 Å². The van der Waals surface area contributed by atoms with Gasteiger partial charge < -0.3 is 10.1 Å². The quantitative estimate of drug-likeness (QED) is 0.459. The first-order chi connectivity index (χ1) is 10.8. The fourth-order valence-corrected chi connectivity index (χ4v) is 1.91. The molecule has 1 aromatic rings. The Labute approximate surface area is 137 Å². The van der Waals surface area contributed by atoms with E-state index in [9.17, 15) is 9.59 Å². The van der Waals surface area contributed by atoms with Gasteiger partial charge in [0.05, 0.1) is 19.1 Å². The van der Waals surface area contributed by atoms with E-state index >= 15 is 0 Å². The molecule has 0 unspecified atom stereocenters. The topological polar surface area (TPSA) is 79.8 Å². The molecule has 1 amide bonds. The van der Waals surface area contributed by atoms with Crippen LogP contribution in [0.4, 0.5) is 5.69 Å². The van der Waals surface area contributed by atoms with Crippen LogP contribution in [0.1, 0.15) is 31.9 Å². The molecule has 1 aromatic carbocycles. The lowest BCUT2D eigenvalue weighted by Gasteiger charge is -2.11. The van der Waals surface area contributed by atoms with Crippen LogP contribution in [0.15, 0.2) is 23.3 Å². The number of benzene rings is 1. The number of carbonyl (C=O) groups is 2. The van der Waals surface area contributed by atoms with Crippen LogP contribution in [0.5, 0.6) is 0 Å². The molecule has 2 N–H and O–H groups in total. The maximum Gasteiger partial charge on any atom is 0.314 e. The zero-order chi connectivity index (χ0) is 17.4. The molecule has 126 valence electrons. The van der Waals surface area contributed by atoms with Gasteiger partial charge in [-0.2, -0.15) is 5.10 Å². The van der Waals surface area contributed by atoms with Gasteiger partial charge in [-0.1, -0.05) is 17.7 Å². The minimum Gasteiger partial charge on any atom is -0.465 e. The van der Waals surface area contributed by atoms with E-state index in [0.717, 1.165) is 11.3 Å². The van der Waals surface area contributed by atoms with Gasteiger partial charge in [0.2, 0.25) is 0 Å². The van der Waals surface area contributed by atoms with Gasteiger partial charge in [-0.25, -0.2) is 5.43 Å². The number of hydrogen-bond acceptors (Lipinski definition) is 5. The van der Waals surface area contributed by atoms with E-state index < -0.39 is 5.92 Å². The van der Waals surface area contributed by atoms with Crippen molar-refractivity contribution in [1.82, 2.24) is 5.43 Å². The van der Waals surface area contributed by atoms with Crippen LogP contribution in [-0.4, -0.2) is 30.7 Å². The molecule has 0 spiro atoms. The summed E-state index contributed by atoms with van der Waals surface area (Å²) in [4.78, 5) is 23.4. The molecule has 0 aliphatic heterocycles. The van der Waals surface area contributed by atoms with Gasteiger partial charge >= 0.3 is 5.97 Å². The van der Waals surface area contributed by atoms with Crippen LogP contribution < -0.4 is 10.7 Å². The summed E-state index contributed by atoms with van der Waals surface area (Å²) in [5.41, 5.74) is 6.10. The molecule has 0 aliphatic carbocycles. The molecule has 23 heavy (non-hydrogen) atoms. The number of anilines is 1. The van der Waals surface area contributed by atoms with Crippen LogP contribution in [0.2, 0.25) is 0 Å². The molecule has 0 bridgehead atoms. The van der Waals surface area contributed by atoms with Gasteiger partial charge in [0.25, 0.3) is 5.91 Å². The standard InChI is InChI=1S/C17H25N3O3/c1-6-23-17(22)13(4)14(5)19-20-16(21)10-18-15-8-7-11(2)9-12(15)3/h7-9,13,18H,6,10H2,1-5H3,(H,20,21)/b19-14+/t13-/m0/s1. The highest BCUT2D eigenvalue weighted by molar-refractivity contribution is 6.00. The van der Waals surface area contributed by atoms with Crippen molar-refractivity contribution in [2.24, 2.45) is 11.0 Å². The number of ether oxygens (including phenoxy) is 1. The van der Waals surface area contributed by atoms with Crippen molar-refractivity contribution in [3.8, 4) is 0 Å². The summed E-state index contributed by atoms with van der Waals surface area (Å²) in [5.74, 6) is -1.11. The van der Waals surface area contributed by atoms with Gasteiger partial charge in [-0.15, -0.1) is 0 Å². The Morgan fingerprint density at radius 3 is 2.61 bits per heavy atom. The number of nitrogens with zero attached hydrogens (tertiary/aromatic N) is 1. The summed E-state index contributed by atoms with van der Waals surface area (Å²) >= 11 is 0. The zero-order valence-corrected chi connectivity index (χ0v) is 14.4. The highest BCUT2D eigenvalue weighted by atomic mass is 16.5. The van der Waals surface area contributed by atoms with Gasteiger partial charge in [-0.3, -0.25) is 9.59 Å². The fourth-order valence-electron chi connectivity index (χ4n) is 1.91. The predicted molar refractivity (Wildman–Crippen MR) is 91.5 cm³/mol. The predicted octanol–water partition coefficient (Wildman–Crippen LogP) is 2.41. The lowest BCUT2D eigenvalue weighted by molar-refractivity contribution is -0.145. The molecular weight excluding hydrogens is 294 g/mol. The molecule has 1 atom stereocenters. The van der Waals surface area contributed by atoms with Crippen molar-refractivity contribution >= 4 is 23.3 Å². The Balaban J connectivity index is 2.50. The third-order valence-electron chi connectivity index (χ3n) is 3.45.